The highest BCUT2D eigenvalue weighted by Crippen LogP contribution is 2.23. The van der Waals surface area contributed by atoms with Crippen LogP contribution in [0.15, 0.2) is 30.3 Å². The Bertz CT molecular complexity index is 493. The number of halogens is 4. The Morgan fingerprint density at radius 1 is 1.19 bits per heavy atom. The van der Waals surface area contributed by atoms with Crippen LogP contribution in [0.1, 0.15) is 12.1 Å². The smallest absolute Gasteiger partial charge is 0.222 e. The van der Waals surface area contributed by atoms with E-state index < -0.39 is 17.9 Å². The number of hydrogen-bond acceptors (Lipinski definition) is 1. The van der Waals surface area contributed by atoms with Crippen molar-refractivity contribution in [1.29, 1.82) is 0 Å². The largest absolute Gasteiger partial charge is 0.282 e. The summed E-state index contributed by atoms with van der Waals surface area (Å²) >= 11 is 5.74. The molecule has 0 N–H and O–H groups in total. The quantitative estimate of drug-likeness (QED) is 0.792. The lowest BCUT2D eigenvalue weighted by atomic mass is 10.3. The maximum absolute atomic E-state index is 12.7. The average molecular weight is 247 g/mol. The van der Waals surface area contributed by atoms with Crippen LogP contribution in [-0.2, 0) is 0 Å². The van der Waals surface area contributed by atoms with Gasteiger partial charge in [0.25, 0.3) is 6.43 Å². The predicted octanol–water partition coefficient (Wildman–Crippen LogP) is 3.60. The standard InChI is InChI=1S/C10H6ClF3N2/c11-9-5-8(10(13)14)15-16(9)7-3-1-6(12)2-4-7/h1-5,10H. The second-order valence-corrected chi connectivity index (χ2v) is 3.47. The first-order valence-corrected chi connectivity index (χ1v) is 4.75. The molecule has 0 fully saturated rings. The highest BCUT2D eigenvalue weighted by molar-refractivity contribution is 6.29. The lowest BCUT2D eigenvalue weighted by molar-refractivity contribution is 0.145. The minimum atomic E-state index is -2.68. The van der Waals surface area contributed by atoms with E-state index in [0.717, 1.165) is 10.7 Å². The third kappa shape index (κ3) is 2.04. The van der Waals surface area contributed by atoms with E-state index in [-0.39, 0.29) is 5.15 Å². The summed E-state index contributed by atoms with van der Waals surface area (Å²) in [4.78, 5) is 0. The molecule has 1 aromatic heterocycles. The third-order valence-corrected chi connectivity index (χ3v) is 2.25. The van der Waals surface area contributed by atoms with Crippen molar-refractivity contribution in [3.63, 3.8) is 0 Å². The van der Waals surface area contributed by atoms with E-state index in [4.69, 9.17) is 11.6 Å². The molecule has 0 bridgehead atoms. The molecule has 1 aromatic carbocycles. The first kappa shape index (κ1) is 11.0. The van der Waals surface area contributed by atoms with Gasteiger partial charge in [-0.15, -0.1) is 0 Å². The van der Waals surface area contributed by atoms with Crippen LogP contribution >= 0.6 is 11.6 Å². The molecule has 0 saturated carbocycles. The van der Waals surface area contributed by atoms with Crippen LogP contribution in [0.3, 0.4) is 0 Å². The lowest BCUT2D eigenvalue weighted by Crippen LogP contribution is -1.97. The molecule has 1 heterocycles. The highest BCUT2D eigenvalue weighted by atomic mass is 35.5. The summed E-state index contributed by atoms with van der Waals surface area (Å²) < 4.78 is 38.5. The Balaban J connectivity index is 2.44. The van der Waals surface area contributed by atoms with E-state index in [1.165, 1.54) is 24.3 Å². The summed E-state index contributed by atoms with van der Waals surface area (Å²) in [6.45, 7) is 0. The predicted molar refractivity (Wildman–Crippen MR) is 53.5 cm³/mol. The van der Waals surface area contributed by atoms with Gasteiger partial charge < -0.3 is 0 Å². The second kappa shape index (κ2) is 4.17. The number of hydrogen-bond donors (Lipinski definition) is 0. The molecular formula is C10H6ClF3N2. The van der Waals surface area contributed by atoms with Crippen molar-refractivity contribution in [2.75, 3.05) is 0 Å². The molecular weight excluding hydrogens is 241 g/mol. The fraction of sp³-hybridized carbons (Fsp3) is 0.100. The van der Waals surface area contributed by atoms with Crippen LogP contribution in [-0.4, -0.2) is 9.78 Å². The van der Waals surface area contributed by atoms with Crippen molar-refractivity contribution in [2.45, 2.75) is 6.43 Å². The molecule has 0 radical (unpaired) electrons. The zero-order valence-electron chi connectivity index (χ0n) is 7.87. The van der Waals surface area contributed by atoms with Crippen LogP contribution in [0, 0.1) is 5.82 Å². The van der Waals surface area contributed by atoms with Gasteiger partial charge in [0.05, 0.1) is 5.69 Å². The molecule has 0 saturated heterocycles. The minimum absolute atomic E-state index is 0.0573. The zero-order chi connectivity index (χ0) is 11.7. The third-order valence-electron chi connectivity index (χ3n) is 1.98. The van der Waals surface area contributed by atoms with Crippen molar-refractivity contribution in [1.82, 2.24) is 9.78 Å². The number of benzene rings is 1. The van der Waals surface area contributed by atoms with E-state index >= 15 is 0 Å². The molecule has 0 spiro atoms. The molecule has 16 heavy (non-hydrogen) atoms. The SMILES string of the molecule is Fc1ccc(-n2nc(C(F)F)cc2Cl)cc1. The van der Waals surface area contributed by atoms with Gasteiger partial charge in [0, 0.05) is 6.07 Å². The number of nitrogens with zero attached hydrogens (tertiary/aromatic N) is 2. The summed E-state index contributed by atoms with van der Waals surface area (Å²) in [6.07, 6.45) is -2.68. The van der Waals surface area contributed by atoms with Crippen LogP contribution < -0.4 is 0 Å². The van der Waals surface area contributed by atoms with Crippen LogP contribution in [0.2, 0.25) is 5.15 Å². The normalized spacial score (nSPS) is 11.1. The van der Waals surface area contributed by atoms with E-state index in [9.17, 15) is 13.2 Å². The number of rotatable bonds is 2. The molecule has 0 atom stereocenters. The fourth-order valence-electron chi connectivity index (χ4n) is 1.25. The van der Waals surface area contributed by atoms with Gasteiger partial charge in [-0.3, -0.25) is 0 Å². The molecule has 2 aromatic rings. The maximum atomic E-state index is 12.7. The van der Waals surface area contributed by atoms with Gasteiger partial charge in [-0.2, -0.15) is 5.10 Å². The monoisotopic (exact) mass is 246 g/mol. The molecule has 0 aliphatic rings. The first-order chi connectivity index (χ1) is 7.58. The van der Waals surface area contributed by atoms with Gasteiger partial charge in [0.15, 0.2) is 0 Å². The Kier molecular flexibility index (Phi) is 2.87. The van der Waals surface area contributed by atoms with Crippen molar-refractivity contribution in [3.05, 3.63) is 47.0 Å². The number of aromatic nitrogens is 2. The Labute approximate surface area is 94.3 Å². The summed E-state index contributed by atoms with van der Waals surface area (Å²) in [5.74, 6) is -0.416. The average Bonchev–Trinajstić information content (AvgIpc) is 2.62. The molecule has 0 aliphatic heterocycles. The first-order valence-electron chi connectivity index (χ1n) is 4.37. The second-order valence-electron chi connectivity index (χ2n) is 3.08. The molecule has 0 amide bonds. The van der Waals surface area contributed by atoms with Crippen LogP contribution in [0.5, 0.6) is 0 Å². The van der Waals surface area contributed by atoms with Gasteiger partial charge in [-0.1, -0.05) is 11.6 Å². The van der Waals surface area contributed by atoms with Gasteiger partial charge >= 0.3 is 0 Å². The topological polar surface area (TPSA) is 17.8 Å². The van der Waals surface area contributed by atoms with Crippen molar-refractivity contribution >= 4 is 11.6 Å². The fourth-order valence-corrected chi connectivity index (χ4v) is 1.49. The Morgan fingerprint density at radius 3 is 2.31 bits per heavy atom. The Morgan fingerprint density at radius 2 is 1.81 bits per heavy atom. The van der Waals surface area contributed by atoms with Gasteiger partial charge in [-0.25, -0.2) is 17.9 Å². The lowest BCUT2D eigenvalue weighted by Gasteiger charge is -2.02. The van der Waals surface area contributed by atoms with Gasteiger partial charge in [-0.05, 0) is 24.3 Å². The van der Waals surface area contributed by atoms with Crippen molar-refractivity contribution in [2.24, 2.45) is 0 Å². The number of alkyl halides is 2. The summed E-state index contributed by atoms with van der Waals surface area (Å²) in [6, 6.07) is 6.30. The van der Waals surface area contributed by atoms with Crippen LogP contribution in [0.25, 0.3) is 5.69 Å². The van der Waals surface area contributed by atoms with Gasteiger partial charge in [0.1, 0.15) is 16.7 Å². The summed E-state index contributed by atoms with van der Waals surface area (Å²) in [7, 11) is 0. The summed E-state index contributed by atoms with van der Waals surface area (Å²) in [5.41, 5.74) is 0.0209. The van der Waals surface area contributed by atoms with Crippen molar-refractivity contribution < 1.29 is 13.2 Å². The van der Waals surface area contributed by atoms with E-state index in [1.54, 1.807) is 0 Å². The van der Waals surface area contributed by atoms with Crippen molar-refractivity contribution in [3.8, 4) is 5.69 Å². The molecule has 2 nitrogen and oxygen atoms in total. The maximum Gasteiger partial charge on any atom is 0.282 e. The van der Waals surface area contributed by atoms with E-state index in [0.29, 0.717) is 5.69 Å². The Hall–Kier alpha value is -1.49. The zero-order valence-corrected chi connectivity index (χ0v) is 8.63. The molecule has 2 rings (SSSR count). The molecule has 6 heteroatoms. The van der Waals surface area contributed by atoms with E-state index in [2.05, 4.69) is 5.10 Å². The molecule has 84 valence electrons. The highest BCUT2D eigenvalue weighted by Gasteiger charge is 2.15. The van der Waals surface area contributed by atoms with Gasteiger partial charge in [0.2, 0.25) is 0 Å². The van der Waals surface area contributed by atoms with E-state index in [1.807, 2.05) is 0 Å². The van der Waals surface area contributed by atoms with Crippen LogP contribution in [0.4, 0.5) is 13.2 Å². The molecule has 0 unspecified atom stereocenters. The minimum Gasteiger partial charge on any atom is -0.222 e. The summed E-state index contributed by atoms with van der Waals surface area (Å²) in [5, 5.41) is 3.68. The molecule has 0 aliphatic carbocycles.